The molecule has 0 saturated carbocycles. The lowest BCUT2D eigenvalue weighted by Gasteiger charge is -2.18. The Morgan fingerprint density at radius 2 is 1.90 bits per heavy atom. The highest BCUT2D eigenvalue weighted by Gasteiger charge is 2.19. The Morgan fingerprint density at radius 3 is 2.45 bits per heavy atom. The lowest BCUT2D eigenvalue weighted by molar-refractivity contribution is -0.136. The zero-order valence-corrected chi connectivity index (χ0v) is 11.9. The van der Waals surface area contributed by atoms with E-state index in [4.69, 9.17) is 10.8 Å². The van der Waals surface area contributed by atoms with Crippen molar-refractivity contribution < 1.29 is 14.7 Å². The number of rotatable bonds is 7. The molecule has 110 valence electrons. The minimum Gasteiger partial charge on any atom is -0.481 e. The Hall–Kier alpha value is -1.88. The summed E-state index contributed by atoms with van der Waals surface area (Å²) < 4.78 is 0. The van der Waals surface area contributed by atoms with Crippen LogP contribution in [0.2, 0.25) is 0 Å². The number of nitrogens with two attached hydrogens (primary N) is 1. The average Bonchev–Trinajstić information content (AvgIpc) is 2.43. The number of carboxylic acid groups (broad SMARTS) is 1. The molecule has 5 nitrogen and oxygen atoms in total. The second-order valence-electron chi connectivity index (χ2n) is 4.97. The van der Waals surface area contributed by atoms with Gasteiger partial charge in [-0.15, -0.1) is 0 Å². The lowest BCUT2D eigenvalue weighted by atomic mass is 9.99. The molecule has 0 spiro atoms. The maximum Gasteiger partial charge on any atom is 0.307 e. The van der Waals surface area contributed by atoms with Gasteiger partial charge >= 0.3 is 5.97 Å². The number of benzene rings is 1. The van der Waals surface area contributed by atoms with E-state index in [9.17, 15) is 9.59 Å². The third kappa shape index (κ3) is 4.66. The van der Waals surface area contributed by atoms with E-state index in [2.05, 4.69) is 5.32 Å². The highest BCUT2D eigenvalue weighted by Crippen LogP contribution is 2.10. The van der Waals surface area contributed by atoms with E-state index >= 15 is 0 Å². The van der Waals surface area contributed by atoms with E-state index in [-0.39, 0.29) is 18.2 Å². The molecule has 0 heterocycles. The topological polar surface area (TPSA) is 92.4 Å². The standard InChI is InChI=1S/C15H22N2O3/c1-3-10(2)14(16)15(20)17-9-12-7-5-4-6-11(12)8-13(18)19/h4-7,10,14H,3,8-9,16H2,1-2H3,(H,17,20)(H,18,19)/t10?,14-/m0/s1. The molecular weight excluding hydrogens is 256 g/mol. The van der Waals surface area contributed by atoms with Gasteiger partial charge in [0.05, 0.1) is 12.5 Å². The Morgan fingerprint density at radius 1 is 1.30 bits per heavy atom. The first-order valence-corrected chi connectivity index (χ1v) is 6.77. The van der Waals surface area contributed by atoms with Crippen LogP contribution >= 0.6 is 0 Å². The zero-order valence-electron chi connectivity index (χ0n) is 11.9. The summed E-state index contributed by atoms with van der Waals surface area (Å²) in [6.45, 7) is 4.22. The Kier molecular flexibility index (Phi) is 6.18. The number of nitrogens with one attached hydrogen (secondary N) is 1. The van der Waals surface area contributed by atoms with Crippen molar-refractivity contribution in [2.75, 3.05) is 0 Å². The van der Waals surface area contributed by atoms with Crippen molar-refractivity contribution in [3.8, 4) is 0 Å². The van der Waals surface area contributed by atoms with Gasteiger partial charge in [-0.25, -0.2) is 0 Å². The Balaban J connectivity index is 2.66. The van der Waals surface area contributed by atoms with Crippen LogP contribution in [0.3, 0.4) is 0 Å². The van der Waals surface area contributed by atoms with Gasteiger partial charge < -0.3 is 16.2 Å². The summed E-state index contributed by atoms with van der Waals surface area (Å²) in [5, 5.41) is 11.6. The van der Waals surface area contributed by atoms with Crippen molar-refractivity contribution in [1.29, 1.82) is 0 Å². The van der Waals surface area contributed by atoms with Gasteiger partial charge in [0.15, 0.2) is 0 Å². The Labute approximate surface area is 119 Å². The van der Waals surface area contributed by atoms with Gasteiger partial charge in [-0.1, -0.05) is 44.5 Å². The van der Waals surface area contributed by atoms with Crippen LogP contribution in [0.5, 0.6) is 0 Å². The molecule has 0 aliphatic carbocycles. The molecule has 5 heteroatoms. The number of carbonyl (C=O) groups excluding carboxylic acids is 1. The summed E-state index contributed by atoms with van der Waals surface area (Å²) in [5.41, 5.74) is 7.36. The molecule has 20 heavy (non-hydrogen) atoms. The first kappa shape index (κ1) is 16.2. The fourth-order valence-corrected chi connectivity index (χ4v) is 1.88. The number of hydrogen-bond donors (Lipinski definition) is 3. The quantitative estimate of drug-likeness (QED) is 0.701. The molecular formula is C15H22N2O3. The predicted molar refractivity (Wildman–Crippen MR) is 77.1 cm³/mol. The van der Waals surface area contributed by atoms with Crippen molar-refractivity contribution in [2.45, 2.75) is 39.3 Å². The maximum absolute atomic E-state index is 11.9. The summed E-state index contributed by atoms with van der Waals surface area (Å²) in [5.74, 6) is -0.978. The zero-order chi connectivity index (χ0) is 15.1. The fraction of sp³-hybridized carbons (Fsp3) is 0.467. The highest BCUT2D eigenvalue weighted by molar-refractivity contribution is 5.81. The number of carbonyl (C=O) groups is 2. The molecule has 0 bridgehead atoms. The minimum absolute atomic E-state index is 0.0521. The molecule has 0 saturated heterocycles. The second kappa shape index (κ2) is 7.65. The van der Waals surface area contributed by atoms with Crippen LogP contribution in [0.4, 0.5) is 0 Å². The van der Waals surface area contributed by atoms with Crippen molar-refractivity contribution in [3.63, 3.8) is 0 Å². The van der Waals surface area contributed by atoms with Crippen LogP contribution in [-0.4, -0.2) is 23.0 Å². The number of aliphatic carboxylic acids is 1. The first-order chi connectivity index (χ1) is 9.45. The summed E-state index contributed by atoms with van der Waals surface area (Å²) in [7, 11) is 0. The predicted octanol–water partition coefficient (Wildman–Crippen LogP) is 1.30. The van der Waals surface area contributed by atoms with E-state index < -0.39 is 12.0 Å². The highest BCUT2D eigenvalue weighted by atomic mass is 16.4. The third-order valence-electron chi connectivity index (χ3n) is 3.47. The lowest BCUT2D eigenvalue weighted by Crippen LogP contribution is -2.44. The molecule has 0 aliphatic heterocycles. The second-order valence-corrected chi connectivity index (χ2v) is 4.97. The third-order valence-corrected chi connectivity index (χ3v) is 3.47. The van der Waals surface area contributed by atoms with Crippen LogP contribution in [0.25, 0.3) is 0 Å². The summed E-state index contributed by atoms with van der Waals surface area (Å²) in [4.78, 5) is 22.7. The van der Waals surface area contributed by atoms with E-state index in [1.807, 2.05) is 26.0 Å². The van der Waals surface area contributed by atoms with Gasteiger partial charge in [-0.2, -0.15) is 0 Å². The molecule has 0 radical (unpaired) electrons. The molecule has 2 atom stereocenters. The molecule has 0 aliphatic rings. The van der Waals surface area contributed by atoms with Gasteiger partial charge in [-0.3, -0.25) is 9.59 Å². The largest absolute Gasteiger partial charge is 0.481 e. The summed E-state index contributed by atoms with van der Waals surface area (Å²) in [6.07, 6.45) is 0.785. The molecule has 1 amide bonds. The summed E-state index contributed by atoms with van der Waals surface area (Å²) >= 11 is 0. The maximum atomic E-state index is 11.9. The monoisotopic (exact) mass is 278 g/mol. The summed E-state index contributed by atoms with van der Waals surface area (Å²) in [6, 6.07) is 6.64. The van der Waals surface area contributed by atoms with Crippen molar-refractivity contribution >= 4 is 11.9 Å². The number of carboxylic acids is 1. The van der Waals surface area contributed by atoms with Crippen molar-refractivity contribution in [3.05, 3.63) is 35.4 Å². The van der Waals surface area contributed by atoms with Gasteiger partial charge in [0.1, 0.15) is 0 Å². The van der Waals surface area contributed by atoms with Gasteiger partial charge in [0.2, 0.25) is 5.91 Å². The number of amides is 1. The van der Waals surface area contributed by atoms with E-state index in [1.165, 1.54) is 0 Å². The van der Waals surface area contributed by atoms with Crippen LogP contribution < -0.4 is 11.1 Å². The van der Waals surface area contributed by atoms with Gasteiger partial charge in [-0.05, 0) is 17.0 Å². The van der Waals surface area contributed by atoms with Crippen molar-refractivity contribution in [2.24, 2.45) is 11.7 Å². The van der Waals surface area contributed by atoms with Crippen LogP contribution in [-0.2, 0) is 22.6 Å². The molecule has 0 aromatic heterocycles. The van der Waals surface area contributed by atoms with E-state index in [0.717, 1.165) is 12.0 Å². The molecule has 4 N–H and O–H groups in total. The first-order valence-electron chi connectivity index (χ1n) is 6.77. The van der Waals surface area contributed by atoms with Gasteiger partial charge in [0.25, 0.3) is 0 Å². The van der Waals surface area contributed by atoms with E-state index in [1.54, 1.807) is 12.1 Å². The van der Waals surface area contributed by atoms with Crippen LogP contribution in [0, 0.1) is 5.92 Å². The molecule has 1 aromatic carbocycles. The van der Waals surface area contributed by atoms with Crippen LogP contribution in [0.1, 0.15) is 31.4 Å². The smallest absolute Gasteiger partial charge is 0.307 e. The average molecular weight is 278 g/mol. The number of hydrogen-bond acceptors (Lipinski definition) is 3. The van der Waals surface area contributed by atoms with E-state index in [0.29, 0.717) is 12.1 Å². The fourth-order valence-electron chi connectivity index (χ4n) is 1.88. The molecule has 1 unspecified atom stereocenters. The van der Waals surface area contributed by atoms with Crippen molar-refractivity contribution in [1.82, 2.24) is 5.32 Å². The molecule has 1 aromatic rings. The van der Waals surface area contributed by atoms with Crippen LogP contribution in [0.15, 0.2) is 24.3 Å². The SMILES string of the molecule is CCC(C)[C@H](N)C(=O)NCc1ccccc1CC(=O)O. The molecule has 0 fully saturated rings. The minimum atomic E-state index is -0.889. The Bertz CT molecular complexity index is 474. The van der Waals surface area contributed by atoms with Gasteiger partial charge in [0, 0.05) is 6.54 Å². The normalized spacial score (nSPS) is 13.6. The molecule has 1 rings (SSSR count).